The van der Waals surface area contributed by atoms with Crippen LogP contribution in [0.1, 0.15) is 30.0 Å². The van der Waals surface area contributed by atoms with Crippen LogP contribution in [0.2, 0.25) is 5.15 Å². The van der Waals surface area contributed by atoms with Crippen LogP contribution < -0.4 is 0 Å². The van der Waals surface area contributed by atoms with Crippen molar-refractivity contribution in [2.75, 3.05) is 11.5 Å². The Morgan fingerprint density at radius 1 is 1.47 bits per heavy atom. The van der Waals surface area contributed by atoms with Crippen molar-refractivity contribution in [3.8, 4) is 0 Å². The fourth-order valence-electron chi connectivity index (χ4n) is 2.31. The van der Waals surface area contributed by atoms with E-state index in [1.54, 1.807) is 11.3 Å². The van der Waals surface area contributed by atoms with Crippen molar-refractivity contribution in [3.05, 3.63) is 21.9 Å². The predicted molar refractivity (Wildman–Crippen MR) is 77.8 cm³/mol. The average molecular weight is 317 g/mol. The molecule has 0 bridgehead atoms. The molecule has 7 heteroatoms. The molecule has 0 radical (unpaired) electrons. The summed E-state index contributed by atoms with van der Waals surface area (Å²) in [5, 5.41) is 1.30. The lowest BCUT2D eigenvalue weighted by molar-refractivity contribution is 0.601. The van der Waals surface area contributed by atoms with Crippen LogP contribution in [0.5, 0.6) is 0 Å². The van der Waals surface area contributed by atoms with Crippen LogP contribution in [-0.4, -0.2) is 29.9 Å². The monoisotopic (exact) mass is 316 g/mol. The number of sulfone groups is 1. The zero-order valence-corrected chi connectivity index (χ0v) is 12.8. The minimum absolute atomic E-state index is 0.112. The zero-order valence-electron chi connectivity index (χ0n) is 10.4. The van der Waals surface area contributed by atoms with Gasteiger partial charge < -0.3 is 0 Å². The van der Waals surface area contributed by atoms with E-state index in [4.69, 9.17) is 11.6 Å². The van der Waals surface area contributed by atoms with Crippen LogP contribution >= 0.6 is 22.9 Å². The number of aromatic nitrogens is 2. The van der Waals surface area contributed by atoms with E-state index < -0.39 is 9.84 Å². The summed E-state index contributed by atoms with van der Waals surface area (Å²) in [5.74, 6) is 0.824. The zero-order chi connectivity index (χ0) is 13.6. The van der Waals surface area contributed by atoms with E-state index in [0.717, 1.165) is 16.6 Å². The molecule has 0 aromatic carbocycles. The lowest BCUT2D eigenvalue weighted by atomic mass is 10.1. The summed E-state index contributed by atoms with van der Waals surface area (Å²) in [6.07, 6.45) is 1.53. The van der Waals surface area contributed by atoms with Crippen LogP contribution in [-0.2, 0) is 16.3 Å². The van der Waals surface area contributed by atoms with E-state index in [0.29, 0.717) is 17.4 Å². The van der Waals surface area contributed by atoms with Gasteiger partial charge in [0.1, 0.15) is 15.8 Å². The second kappa shape index (κ2) is 4.68. The lowest BCUT2D eigenvalue weighted by Gasteiger charge is -2.06. The van der Waals surface area contributed by atoms with E-state index in [-0.39, 0.29) is 17.4 Å². The Hall–Kier alpha value is -0.720. The quantitative estimate of drug-likeness (QED) is 0.799. The van der Waals surface area contributed by atoms with Gasteiger partial charge in [-0.15, -0.1) is 11.3 Å². The first kappa shape index (κ1) is 13.3. The Morgan fingerprint density at radius 3 is 2.89 bits per heavy atom. The maximum absolute atomic E-state index is 11.5. The van der Waals surface area contributed by atoms with Crippen molar-refractivity contribution in [1.29, 1.82) is 0 Å². The molecule has 0 aliphatic carbocycles. The number of halogens is 1. The molecule has 0 spiro atoms. The highest BCUT2D eigenvalue weighted by Gasteiger charge is 2.31. The molecule has 0 saturated carbocycles. The number of hydrogen-bond donors (Lipinski definition) is 0. The Morgan fingerprint density at radius 2 is 2.26 bits per heavy atom. The van der Waals surface area contributed by atoms with Crippen LogP contribution in [0.25, 0.3) is 10.2 Å². The third-order valence-electron chi connectivity index (χ3n) is 3.36. The van der Waals surface area contributed by atoms with Crippen molar-refractivity contribution >= 4 is 43.0 Å². The van der Waals surface area contributed by atoms with Gasteiger partial charge in [-0.05, 0) is 18.9 Å². The molecule has 1 unspecified atom stereocenters. The summed E-state index contributed by atoms with van der Waals surface area (Å²) in [7, 11) is -2.93. The molecule has 102 valence electrons. The molecule has 2 aromatic heterocycles. The molecule has 1 aliphatic heterocycles. The van der Waals surface area contributed by atoms with E-state index in [1.165, 1.54) is 4.88 Å². The van der Waals surface area contributed by atoms with Gasteiger partial charge in [0.15, 0.2) is 9.84 Å². The Balaban J connectivity index is 2.06. The molecule has 0 amide bonds. The molecular weight excluding hydrogens is 304 g/mol. The van der Waals surface area contributed by atoms with Crippen LogP contribution in [0.4, 0.5) is 0 Å². The highest BCUT2D eigenvalue weighted by molar-refractivity contribution is 7.91. The Labute approximate surface area is 120 Å². The van der Waals surface area contributed by atoms with Gasteiger partial charge in [0.05, 0.1) is 11.5 Å². The predicted octanol–water partition coefficient (Wildman–Crippen LogP) is 2.81. The molecule has 3 heterocycles. The van der Waals surface area contributed by atoms with Crippen molar-refractivity contribution in [3.63, 3.8) is 0 Å². The molecule has 3 rings (SSSR count). The maximum Gasteiger partial charge on any atom is 0.151 e. The second-order valence-electron chi connectivity index (χ2n) is 4.76. The molecule has 1 aliphatic rings. The summed E-state index contributed by atoms with van der Waals surface area (Å²) in [4.78, 5) is 10.9. The average Bonchev–Trinajstić information content (AvgIpc) is 2.92. The van der Waals surface area contributed by atoms with Crippen molar-refractivity contribution in [2.45, 2.75) is 25.7 Å². The molecule has 2 aromatic rings. The summed E-state index contributed by atoms with van der Waals surface area (Å²) in [6, 6.07) is 2.01. The van der Waals surface area contributed by atoms with E-state index >= 15 is 0 Å². The summed E-state index contributed by atoms with van der Waals surface area (Å²) in [5.41, 5.74) is 0. The van der Waals surface area contributed by atoms with Crippen molar-refractivity contribution in [1.82, 2.24) is 9.97 Å². The van der Waals surface area contributed by atoms with Gasteiger partial charge in [-0.2, -0.15) is 0 Å². The topological polar surface area (TPSA) is 59.9 Å². The van der Waals surface area contributed by atoms with E-state index in [1.807, 2.05) is 6.07 Å². The first-order valence-electron chi connectivity index (χ1n) is 6.15. The minimum atomic E-state index is -2.93. The third kappa shape index (κ3) is 2.49. The molecule has 1 atom stereocenters. The van der Waals surface area contributed by atoms with Gasteiger partial charge >= 0.3 is 0 Å². The number of thiophene rings is 1. The Kier molecular flexibility index (Phi) is 3.27. The number of fused-ring (bicyclic) bond motifs is 1. The number of aryl methyl sites for hydroxylation is 1. The highest BCUT2D eigenvalue weighted by atomic mass is 35.5. The Bertz CT molecular complexity index is 740. The minimum Gasteiger partial charge on any atom is -0.229 e. The van der Waals surface area contributed by atoms with Gasteiger partial charge in [-0.3, -0.25) is 0 Å². The van der Waals surface area contributed by atoms with Gasteiger partial charge in [0.2, 0.25) is 0 Å². The highest BCUT2D eigenvalue weighted by Crippen LogP contribution is 2.33. The number of rotatable bonds is 2. The fourth-order valence-corrected chi connectivity index (χ4v) is 5.31. The van der Waals surface area contributed by atoms with Crippen LogP contribution in [0, 0.1) is 0 Å². The molecule has 1 fully saturated rings. The molecule has 4 nitrogen and oxygen atoms in total. The fraction of sp³-hybridized carbons (Fsp3) is 0.500. The largest absolute Gasteiger partial charge is 0.229 e. The normalized spacial score (nSPS) is 22.1. The molecule has 19 heavy (non-hydrogen) atoms. The van der Waals surface area contributed by atoms with Crippen LogP contribution in [0.3, 0.4) is 0 Å². The van der Waals surface area contributed by atoms with Gasteiger partial charge in [-0.25, -0.2) is 18.4 Å². The maximum atomic E-state index is 11.5. The van der Waals surface area contributed by atoms with Gasteiger partial charge in [-0.1, -0.05) is 18.5 Å². The standard InChI is InChI=1S/C12H13ClN2O2S2/c1-2-8-5-9-10(13)14-11(15-12(9)18-8)7-3-4-19(16,17)6-7/h5,7H,2-4,6H2,1H3. The summed E-state index contributed by atoms with van der Waals surface area (Å²) < 4.78 is 23.1. The van der Waals surface area contributed by atoms with Crippen LogP contribution in [0.15, 0.2) is 6.07 Å². The van der Waals surface area contributed by atoms with Gasteiger partial charge in [0, 0.05) is 16.2 Å². The van der Waals surface area contributed by atoms with Gasteiger partial charge in [0.25, 0.3) is 0 Å². The first-order chi connectivity index (χ1) is 8.98. The smallest absolute Gasteiger partial charge is 0.151 e. The van der Waals surface area contributed by atoms with E-state index in [2.05, 4.69) is 16.9 Å². The molecule has 0 N–H and O–H groups in total. The SMILES string of the molecule is CCc1cc2c(Cl)nc(C3CCS(=O)(=O)C3)nc2s1. The summed E-state index contributed by atoms with van der Waals surface area (Å²) in [6.45, 7) is 2.08. The van der Waals surface area contributed by atoms with Crippen molar-refractivity contribution < 1.29 is 8.42 Å². The number of nitrogens with zero attached hydrogens (tertiary/aromatic N) is 2. The number of hydrogen-bond acceptors (Lipinski definition) is 5. The molecular formula is C12H13ClN2O2S2. The lowest BCUT2D eigenvalue weighted by Crippen LogP contribution is -2.07. The van der Waals surface area contributed by atoms with E-state index in [9.17, 15) is 8.42 Å². The first-order valence-corrected chi connectivity index (χ1v) is 9.16. The van der Waals surface area contributed by atoms with Crippen molar-refractivity contribution in [2.24, 2.45) is 0 Å². The molecule has 1 saturated heterocycles. The third-order valence-corrected chi connectivity index (χ3v) is 6.59. The summed E-state index contributed by atoms with van der Waals surface area (Å²) >= 11 is 7.79. The second-order valence-corrected chi connectivity index (χ2v) is 8.46.